The molecule has 3 heterocycles. The third kappa shape index (κ3) is 1.87. The van der Waals surface area contributed by atoms with Gasteiger partial charge in [-0.1, -0.05) is 0 Å². The molecule has 0 saturated heterocycles. The number of hydrogen-bond donors (Lipinski definition) is 1. The summed E-state index contributed by atoms with van der Waals surface area (Å²) in [4.78, 5) is 10.7. The van der Waals surface area contributed by atoms with Crippen LogP contribution in [0.1, 0.15) is 5.56 Å². The lowest BCUT2D eigenvalue weighted by molar-refractivity contribution is 0.902. The van der Waals surface area contributed by atoms with E-state index in [1.54, 1.807) is 17.7 Å². The number of H-pyrrole nitrogens is 1. The van der Waals surface area contributed by atoms with E-state index < -0.39 is 0 Å². The first-order chi connectivity index (χ1) is 8.34. The lowest BCUT2D eigenvalue weighted by Crippen LogP contribution is -2.17. The van der Waals surface area contributed by atoms with Crippen LogP contribution in [0.15, 0.2) is 30.2 Å². The van der Waals surface area contributed by atoms with Crippen molar-refractivity contribution in [3.63, 3.8) is 0 Å². The van der Waals surface area contributed by atoms with Crippen molar-refractivity contribution < 1.29 is 0 Å². The monoisotopic (exact) mass is 245 g/mol. The summed E-state index contributed by atoms with van der Waals surface area (Å²) in [6.45, 7) is 0.778. The molecule has 0 spiro atoms. The Bertz CT molecular complexity index is 616. The molecule has 0 bridgehead atoms. The molecule has 0 atom stereocenters. The summed E-state index contributed by atoms with van der Waals surface area (Å²) >= 11 is 1.66. The van der Waals surface area contributed by atoms with Crippen LogP contribution in [0.25, 0.3) is 10.2 Å². The Kier molecular flexibility index (Phi) is 2.49. The lowest BCUT2D eigenvalue weighted by Gasteiger charge is -2.17. The van der Waals surface area contributed by atoms with Crippen LogP contribution in [-0.4, -0.2) is 27.2 Å². The summed E-state index contributed by atoms with van der Waals surface area (Å²) in [6, 6.07) is 2.01. The van der Waals surface area contributed by atoms with Gasteiger partial charge in [-0.25, -0.2) is 9.97 Å². The van der Waals surface area contributed by atoms with Crippen LogP contribution in [0, 0.1) is 0 Å². The molecule has 0 aromatic carbocycles. The summed E-state index contributed by atoms with van der Waals surface area (Å²) in [5, 5.41) is 8.79. The fourth-order valence-corrected chi connectivity index (χ4v) is 2.65. The number of fused-ring (bicyclic) bond motifs is 1. The maximum Gasteiger partial charge on any atom is 0.150 e. The van der Waals surface area contributed by atoms with E-state index in [1.165, 1.54) is 0 Å². The van der Waals surface area contributed by atoms with Crippen molar-refractivity contribution in [1.82, 2.24) is 20.2 Å². The minimum Gasteiger partial charge on any atom is -0.354 e. The quantitative estimate of drug-likeness (QED) is 0.767. The molecule has 1 N–H and O–H groups in total. The summed E-state index contributed by atoms with van der Waals surface area (Å²) in [5.74, 6) is 0.964. The summed E-state index contributed by atoms with van der Waals surface area (Å²) in [7, 11) is 2.02. The first-order valence-corrected chi connectivity index (χ1v) is 6.09. The molecular weight excluding hydrogens is 234 g/mol. The number of nitrogens with one attached hydrogen (secondary N) is 1. The smallest absolute Gasteiger partial charge is 0.150 e. The van der Waals surface area contributed by atoms with Crippen LogP contribution < -0.4 is 4.90 Å². The molecule has 17 heavy (non-hydrogen) atoms. The fraction of sp³-hybridized carbons (Fsp3) is 0.182. The zero-order valence-electron chi connectivity index (χ0n) is 9.29. The van der Waals surface area contributed by atoms with Gasteiger partial charge < -0.3 is 4.90 Å². The number of anilines is 1. The summed E-state index contributed by atoms with van der Waals surface area (Å²) < 4.78 is 1.12. The highest BCUT2D eigenvalue weighted by molar-refractivity contribution is 7.17. The van der Waals surface area contributed by atoms with E-state index in [1.807, 2.05) is 30.9 Å². The largest absolute Gasteiger partial charge is 0.354 e. The number of rotatable bonds is 3. The number of nitrogens with zero attached hydrogens (tertiary/aromatic N) is 4. The Morgan fingerprint density at radius 2 is 2.35 bits per heavy atom. The zero-order valence-corrected chi connectivity index (χ0v) is 10.1. The van der Waals surface area contributed by atoms with Gasteiger partial charge in [0.15, 0.2) is 0 Å². The highest BCUT2D eigenvalue weighted by atomic mass is 32.1. The van der Waals surface area contributed by atoms with Gasteiger partial charge in [-0.15, -0.1) is 11.3 Å². The molecule has 0 amide bonds. The SMILES string of the molecule is CN(Cc1cn[nH]c1)c1ncnc2ccsc12. The van der Waals surface area contributed by atoms with Gasteiger partial charge in [0.2, 0.25) is 0 Å². The second-order valence-electron chi connectivity index (χ2n) is 3.79. The summed E-state index contributed by atoms with van der Waals surface area (Å²) in [6.07, 6.45) is 5.32. The van der Waals surface area contributed by atoms with Crippen molar-refractivity contribution in [1.29, 1.82) is 0 Å². The average molecular weight is 245 g/mol. The predicted molar refractivity (Wildman–Crippen MR) is 68.1 cm³/mol. The van der Waals surface area contributed by atoms with Gasteiger partial charge in [0.1, 0.15) is 12.1 Å². The molecule has 3 aromatic heterocycles. The fourth-order valence-electron chi connectivity index (χ4n) is 1.76. The minimum absolute atomic E-state index is 0.778. The van der Waals surface area contributed by atoms with Crippen LogP contribution in [-0.2, 0) is 6.54 Å². The normalized spacial score (nSPS) is 10.9. The maximum atomic E-state index is 4.35. The van der Waals surface area contributed by atoms with E-state index in [-0.39, 0.29) is 0 Å². The van der Waals surface area contributed by atoms with Crippen molar-refractivity contribution in [2.75, 3.05) is 11.9 Å². The van der Waals surface area contributed by atoms with E-state index in [0.717, 1.165) is 28.1 Å². The Labute approximate surface area is 102 Å². The molecule has 0 aliphatic carbocycles. The number of aromatic nitrogens is 4. The van der Waals surface area contributed by atoms with E-state index in [0.29, 0.717) is 0 Å². The molecule has 6 heteroatoms. The molecule has 0 radical (unpaired) electrons. The number of thiophene rings is 1. The molecule has 3 rings (SSSR count). The van der Waals surface area contributed by atoms with Crippen molar-refractivity contribution in [2.45, 2.75) is 6.54 Å². The van der Waals surface area contributed by atoms with E-state index in [2.05, 4.69) is 25.1 Å². The summed E-state index contributed by atoms with van der Waals surface area (Å²) in [5.41, 5.74) is 2.13. The lowest BCUT2D eigenvalue weighted by atomic mass is 10.3. The first kappa shape index (κ1) is 10.2. The molecule has 3 aromatic rings. The standard InChI is InChI=1S/C11H11N5S/c1-16(6-8-4-14-15-5-8)11-10-9(2-3-17-10)12-7-13-11/h2-5,7H,6H2,1H3,(H,14,15). The van der Waals surface area contributed by atoms with Gasteiger partial charge in [-0.3, -0.25) is 5.10 Å². The highest BCUT2D eigenvalue weighted by Crippen LogP contribution is 2.27. The third-order valence-electron chi connectivity index (χ3n) is 2.56. The predicted octanol–water partition coefficient (Wildman–Crippen LogP) is 2.05. The highest BCUT2D eigenvalue weighted by Gasteiger charge is 2.10. The number of hydrogen-bond acceptors (Lipinski definition) is 5. The Hall–Kier alpha value is -1.95. The average Bonchev–Trinajstić information content (AvgIpc) is 2.97. The van der Waals surface area contributed by atoms with Crippen molar-refractivity contribution in [3.05, 3.63) is 35.7 Å². The Morgan fingerprint density at radius 3 is 3.18 bits per heavy atom. The topological polar surface area (TPSA) is 57.7 Å². The first-order valence-electron chi connectivity index (χ1n) is 5.21. The van der Waals surface area contributed by atoms with Crippen molar-refractivity contribution >= 4 is 27.4 Å². The molecule has 0 aliphatic rings. The minimum atomic E-state index is 0.778. The van der Waals surface area contributed by atoms with Gasteiger partial charge in [-0.05, 0) is 11.4 Å². The molecule has 5 nitrogen and oxygen atoms in total. The van der Waals surface area contributed by atoms with Crippen LogP contribution in [0.2, 0.25) is 0 Å². The van der Waals surface area contributed by atoms with Crippen LogP contribution in [0.3, 0.4) is 0 Å². The van der Waals surface area contributed by atoms with E-state index >= 15 is 0 Å². The van der Waals surface area contributed by atoms with Gasteiger partial charge in [0.05, 0.1) is 16.4 Å². The third-order valence-corrected chi connectivity index (χ3v) is 3.46. The van der Waals surface area contributed by atoms with E-state index in [9.17, 15) is 0 Å². The van der Waals surface area contributed by atoms with Crippen molar-refractivity contribution in [3.8, 4) is 0 Å². The Balaban J connectivity index is 1.95. The second kappa shape index (κ2) is 4.14. The zero-order chi connectivity index (χ0) is 11.7. The van der Waals surface area contributed by atoms with Crippen LogP contribution in [0.4, 0.5) is 5.82 Å². The van der Waals surface area contributed by atoms with Gasteiger partial charge in [0.25, 0.3) is 0 Å². The molecule has 0 fully saturated rings. The number of aromatic amines is 1. The van der Waals surface area contributed by atoms with Gasteiger partial charge in [-0.2, -0.15) is 5.10 Å². The van der Waals surface area contributed by atoms with E-state index in [4.69, 9.17) is 0 Å². The molecule has 0 saturated carbocycles. The molecular formula is C11H11N5S. The van der Waals surface area contributed by atoms with Crippen molar-refractivity contribution in [2.24, 2.45) is 0 Å². The maximum absolute atomic E-state index is 4.35. The van der Waals surface area contributed by atoms with Crippen LogP contribution in [0.5, 0.6) is 0 Å². The van der Waals surface area contributed by atoms with Crippen LogP contribution >= 0.6 is 11.3 Å². The van der Waals surface area contributed by atoms with Gasteiger partial charge in [0, 0.05) is 25.4 Å². The Morgan fingerprint density at radius 1 is 1.41 bits per heavy atom. The van der Waals surface area contributed by atoms with Gasteiger partial charge >= 0.3 is 0 Å². The molecule has 0 unspecified atom stereocenters. The molecule has 0 aliphatic heterocycles. The second-order valence-corrected chi connectivity index (χ2v) is 4.71. The molecule has 86 valence electrons.